The normalized spacial score (nSPS) is 11.0. The number of phenols is 1. The van der Waals surface area contributed by atoms with E-state index >= 15 is 0 Å². The lowest BCUT2D eigenvalue weighted by atomic mass is 10.0. The number of hydrogen-bond donors (Lipinski definition) is 1. The van der Waals surface area contributed by atoms with E-state index in [1.54, 1.807) is 42.6 Å². The van der Waals surface area contributed by atoms with Gasteiger partial charge in [0.15, 0.2) is 5.78 Å². The highest BCUT2D eigenvalue weighted by Gasteiger charge is 2.08. The summed E-state index contributed by atoms with van der Waals surface area (Å²) in [7, 11) is 0. The SMILES string of the molecule is Cc1cc(Br)c(O)c(C=Nc2ccc(C(=O)c3ccccc3)cc2)c1. The number of halogens is 1. The lowest BCUT2D eigenvalue weighted by Gasteiger charge is -2.04. The summed E-state index contributed by atoms with van der Waals surface area (Å²) in [6.45, 7) is 1.95. The number of aliphatic imine (C=N–C) groups is 1. The molecule has 0 atom stereocenters. The summed E-state index contributed by atoms with van der Waals surface area (Å²) in [5.74, 6) is 0.140. The van der Waals surface area contributed by atoms with Crippen molar-refractivity contribution in [2.45, 2.75) is 6.92 Å². The van der Waals surface area contributed by atoms with Crippen LogP contribution < -0.4 is 0 Å². The maximum Gasteiger partial charge on any atom is 0.193 e. The van der Waals surface area contributed by atoms with Gasteiger partial charge in [-0.1, -0.05) is 30.3 Å². The summed E-state index contributed by atoms with van der Waals surface area (Å²) in [6, 6.07) is 20.0. The first-order chi connectivity index (χ1) is 12.0. The first-order valence-electron chi connectivity index (χ1n) is 7.77. The minimum atomic E-state index is -0.0172. The number of aryl methyl sites for hydroxylation is 1. The molecule has 1 N–H and O–H groups in total. The molecule has 0 amide bonds. The molecule has 0 saturated carbocycles. The van der Waals surface area contributed by atoms with Crippen LogP contribution in [0.3, 0.4) is 0 Å². The van der Waals surface area contributed by atoms with Gasteiger partial charge in [0.2, 0.25) is 0 Å². The maximum atomic E-state index is 12.4. The fourth-order valence-electron chi connectivity index (χ4n) is 2.46. The molecule has 0 heterocycles. The number of rotatable bonds is 4. The highest BCUT2D eigenvalue weighted by molar-refractivity contribution is 9.10. The maximum absolute atomic E-state index is 12.4. The average molecular weight is 394 g/mol. The Morgan fingerprint density at radius 3 is 2.32 bits per heavy atom. The van der Waals surface area contributed by atoms with Gasteiger partial charge < -0.3 is 5.11 Å². The van der Waals surface area contributed by atoms with Crippen molar-refractivity contribution in [3.63, 3.8) is 0 Å². The topological polar surface area (TPSA) is 49.7 Å². The molecule has 0 spiro atoms. The summed E-state index contributed by atoms with van der Waals surface area (Å²) in [6.07, 6.45) is 1.61. The molecule has 3 aromatic carbocycles. The first kappa shape index (κ1) is 17.1. The van der Waals surface area contributed by atoms with Crippen LogP contribution in [0.15, 0.2) is 76.2 Å². The molecule has 0 aromatic heterocycles. The lowest BCUT2D eigenvalue weighted by molar-refractivity contribution is 0.103. The summed E-state index contributed by atoms with van der Waals surface area (Å²) >= 11 is 3.32. The van der Waals surface area contributed by atoms with Crippen LogP contribution in [0, 0.1) is 6.92 Å². The van der Waals surface area contributed by atoms with Crippen LogP contribution in [0.25, 0.3) is 0 Å². The summed E-state index contributed by atoms with van der Waals surface area (Å²) in [4.78, 5) is 16.8. The smallest absolute Gasteiger partial charge is 0.193 e. The predicted octanol–water partition coefficient (Wildman–Crippen LogP) is 5.44. The molecule has 3 rings (SSSR count). The zero-order valence-electron chi connectivity index (χ0n) is 13.6. The van der Waals surface area contributed by atoms with Crippen molar-refractivity contribution < 1.29 is 9.90 Å². The van der Waals surface area contributed by atoms with Crippen LogP contribution in [-0.2, 0) is 0 Å². The fraction of sp³-hybridized carbons (Fsp3) is 0.0476. The van der Waals surface area contributed by atoms with Crippen LogP contribution in [0.4, 0.5) is 5.69 Å². The van der Waals surface area contributed by atoms with Gasteiger partial charge in [-0.05, 0) is 64.8 Å². The molecule has 3 aromatic rings. The molecule has 0 aliphatic heterocycles. The quantitative estimate of drug-likeness (QED) is 0.473. The van der Waals surface area contributed by atoms with Crippen molar-refractivity contribution in [1.29, 1.82) is 0 Å². The molecule has 0 bridgehead atoms. The van der Waals surface area contributed by atoms with E-state index in [4.69, 9.17) is 0 Å². The second-order valence-electron chi connectivity index (χ2n) is 5.68. The molecular formula is C21H16BrNO2. The minimum absolute atomic E-state index is 0.0172. The first-order valence-corrected chi connectivity index (χ1v) is 8.57. The molecule has 0 radical (unpaired) electrons. The van der Waals surface area contributed by atoms with Crippen LogP contribution in [-0.4, -0.2) is 17.1 Å². The van der Waals surface area contributed by atoms with E-state index in [1.807, 2.05) is 37.3 Å². The molecule has 3 nitrogen and oxygen atoms in total. The standard InChI is InChI=1S/C21H16BrNO2/c1-14-11-17(21(25)19(22)12-14)13-23-18-9-7-16(8-10-18)20(24)15-5-3-2-4-6-15/h2-13,25H,1H3. The Morgan fingerprint density at radius 1 is 1.00 bits per heavy atom. The Hall–Kier alpha value is -2.72. The largest absolute Gasteiger partial charge is 0.506 e. The Morgan fingerprint density at radius 2 is 1.64 bits per heavy atom. The van der Waals surface area contributed by atoms with Gasteiger partial charge in [-0.25, -0.2) is 0 Å². The molecule has 4 heteroatoms. The number of nitrogens with zero attached hydrogens (tertiary/aromatic N) is 1. The monoisotopic (exact) mass is 393 g/mol. The summed E-state index contributed by atoms with van der Waals surface area (Å²) < 4.78 is 0.637. The van der Waals surface area contributed by atoms with Gasteiger partial charge in [-0.15, -0.1) is 0 Å². The molecule has 0 fully saturated rings. The molecule has 25 heavy (non-hydrogen) atoms. The van der Waals surface area contributed by atoms with E-state index in [0.29, 0.717) is 26.9 Å². The van der Waals surface area contributed by atoms with E-state index in [2.05, 4.69) is 20.9 Å². The van der Waals surface area contributed by atoms with Crippen molar-refractivity contribution in [3.8, 4) is 5.75 Å². The molecule has 0 saturated heterocycles. The van der Waals surface area contributed by atoms with Gasteiger partial charge in [0.05, 0.1) is 10.2 Å². The predicted molar refractivity (Wildman–Crippen MR) is 104 cm³/mol. The number of carbonyl (C=O) groups excluding carboxylic acids is 1. The van der Waals surface area contributed by atoms with Crippen molar-refractivity contribution in [2.75, 3.05) is 0 Å². The van der Waals surface area contributed by atoms with Gasteiger partial charge in [-0.3, -0.25) is 9.79 Å². The van der Waals surface area contributed by atoms with E-state index in [9.17, 15) is 9.90 Å². The summed E-state index contributed by atoms with van der Waals surface area (Å²) in [5, 5.41) is 10.1. The van der Waals surface area contributed by atoms with Crippen LogP contribution in [0.5, 0.6) is 5.75 Å². The van der Waals surface area contributed by atoms with Crippen LogP contribution in [0.2, 0.25) is 0 Å². The van der Waals surface area contributed by atoms with Crippen molar-refractivity contribution in [3.05, 3.63) is 93.5 Å². The average Bonchev–Trinajstić information content (AvgIpc) is 2.64. The minimum Gasteiger partial charge on any atom is -0.506 e. The van der Waals surface area contributed by atoms with Crippen molar-refractivity contribution in [1.82, 2.24) is 0 Å². The molecule has 124 valence electrons. The summed E-state index contributed by atoms with van der Waals surface area (Å²) in [5.41, 5.74) is 3.65. The van der Waals surface area contributed by atoms with Crippen LogP contribution in [0.1, 0.15) is 27.0 Å². The zero-order valence-corrected chi connectivity index (χ0v) is 15.2. The third kappa shape index (κ3) is 4.03. The van der Waals surface area contributed by atoms with Gasteiger partial charge in [-0.2, -0.15) is 0 Å². The highest BCUT2D eigenvalue weighted by Crippen LogP contribution is 2.28. The number of benzene rings is 3. The third-order valence-corrected chi connectivity index (χ3v) is 4.36. The van der Waals surface area contributed by atoms with Gasteiger partial charge >= 0.3 is 0 Å². The Bertz CT molecular complexity index is 932. The van der Waals surface area contributed by atoms with Gasteiger partial charge in [0.1, 0.15) is 5.75 Å². The van der Waals surface area contributed by atoms with E-state index in [-0.39, 0.29) is 11.5 Å². The van der Waals surface area contributed by atoms with E-state index in [0.717, 1.165) is 5.56 Å². The molecule has 0 unspecified atom stereocenters. The molecule has 0 aliphatic carbocycles. The van der Waals surface area contributed by atoms with Gasteiger partial charge in [0, 0.05) is 22.9 Å². The number of aromatic hydroxyl groups is 1. The third-order valence-electron chi connectivity index (χ3n) is 3.76. The van der Waals surface area contributed by atoms with Crippen molar-refractivity contribution >= 4 is 33.6 Å². The van der Waals surface area contributed by atoms with Crippen LogP contribution >= 0.6 is 15.9 Å². The number of ketones is 1. The molecule has 0 aliphatic rings. The second-order valence-corrected chi connectivity index (χ2v) is 6.54. The number of carbonyl (C=O) groups is 1. The van der Waals surface area contributed by atoms with Gasteiger partial charge in [0.25, 0.3) is 0 Å². The lowest BCUT2D eigenvalue weighted by Crippen LogP contribution is -2.00. The molecular weight excluding hydrogens is 378 g/mol. The fourth-order valence-corrected chi connectivity index (χ4v) is 3.05. The number of hydrogen-bond acceptors (Lipinski definition) is 3. The highest BCUT2D eigenvalue weighted by atomic mass is 79.9. The second kappa shape index (κ2) is 7.45. The Balaban J connectivity index is 1.81. The number of phenolic OH excluding ortho intramolecular Hbond substituents is 1. The van der Waals surface area contributed by atoms with E-state index in [1.165, 1.54) is 0 Å². The van der Waals surface area contributed by atoms with E-state index < -0.39 is 0 Å². The zero-order chi connectivity index (χ0) is 17.8. The Kier molecular flexibility index (Phi) is 5.10. The van der Waals surface area contributed by atoms with Crippen molar-refractivity contribution in [2.24, 2.45) is 4.99 Å². The Labute approximate surface area is 154 Å².